The minimum absolute atomic E-state index is 0.155. The Kier molecular flexibility index (Phi) is 7.12. The quantitative estimate of drug-likeness (QED) is 0.599. The molecule has 0 aliphatic heterocycles. The number of rotatable bonds is 7. The highest BCUT2D eigenvalue weighted by Gasteiger charge is 2.08. The summed E-state index contributed by atoms with van der Waals surface area (Å²) < 4.78 is 28.7. The number of aromatic nitrogens is 1. The molecular formula is C17H22F2N4OS. The zero-order chi connectivity index (χ0) is 18.2. The molecule has 1 aromatic heterocycles. The Labute approximate surface area is 150 Å². The number of hydrogen-bond acceptors (Lipinski definition) is 4. The Morgan fingerprint density at radius 3 is 2.64 bits per heavy atom. The van der Waals surface area contributed by atoms with E-state index in [-0.39, 0.29) is 5.75 Å². The topological polar surface area (TPSA) is 49.8 Å². The van der Waals surface area contributed by atoms with E-state index in [1.165, 1.54) is 0 Å². The summed E-state index contributed by atoms with van der Waals surface area (Å²) in [5, 5.41) is 4.28. The molecule has 0 spiro atoms. The fourth-order valence-corrected chi connectivity index (χ4v) is 2.95. The Morgan fingerprint density at radius 1 is 1.36 bits per heavy atom. The Morgan fingerprint density at radius 2 is 2.08 bits per heavy atom. The van der Waals surface area contributed by atoms with Crippen LogP contribution in [0.4, 0.5) is 8.78 Å². The van der Waals surface area contributed by atoms with Gasteiger partial charge in [-0.2, -0.15) is 8.78 Å². The van der Waals surface area contributed by atoms with Crippen molar-refractivity contribution in [3.05, 3.63) is 45.9 Å². The van der Waals surface area contributed by atoms with E-state index in [2.05, 4.69) is 20.0 Å². The first-order valence-corrected chi connectivity index (χ1v) is 8.74. The van der Waals surface area contributed by atoms with Gasteiger partial charge >= 0.3 is 6.61 Å². The van der Waals surface area contributed by atoms with Crippen molar-refractivity contribution in [3.63, 3.8) is 0 Å². The van der Waals surface area contributed by atoms with Crippen molar-refractivity contribution in [1.82, 2.24) is 15.2 Å². The number of halogens is 2. The van der Waals surface area contributed by atoms with Crippen molar-refractivity contribution >= 4 is 17.3 Å². The predicted octanol–water partition coefficient (Wildman–Crippen LogP) is 3.65. The molecule has 0 atom stereocenters. The second-order valence-corrected chi connectivity index (χ2v) is 6.71. The summed E-state index contributed by atoms with van der Waals surface area (Å²) in [6, 6.07) is 6.62. The number of aryl methyl sites for hydroxylation is 1. The van der Waals surface area contributed by atoms with Crippen LogP contribution in [0.1, 0.15) is 22.4 Å². The van der Waals surface area contributed by atoms with Gasteiger partial charge in [0.05, 0.1) is 11.6 Å². The van der Waals surface area contributed by atoms with E-state index in [0.29, 0.717) is 13.1 Å². The Hall–Kier alpha value is -2.22. The molecule has 0 bridgehead atoms. The first-order chi connectivity index (χ1) is 12.0. The maximum atomic E-state index is 12.2. The number of nitrogens with zero attached hydrogens (tertiary/aromatic N) is 3. The highest BCUT2D eigenvalue weighted by molar-refractivity contribution is 7.11. The van der Waals surface area contributed by atoms with Crippen molar-refractivity contribution < 1.29 is 13.5 Å². The van der Waals surface area contributed by atoms with Crippen LogP contribution in [0.2, 0.25) is 0 Å². The van der Waals surface area contributed by atoms with Gasteiger partial charge in [-0.05, 0) is 31.5 Å². The highest BCUT2D eigenvalue weighted by Crippen LogP contribution is 2.16. The Bertz CT molecular complexity index is 688. The van der Waals surface area contributed by atoms with Gasteiger partial charge in [0.1, 0.15) is 5.75 Å². The van der Waals surface area contributed by atoms with Crippen LogP contribution in [0.3, 0.4) is 0 Å². The molecular weight excluding hydrogens is 346 g/mol. The second kappa shape index (κ2) is 9.31. The van der Waals surface area contributed by atoms with Crippen LogP contribution in [-0.2, 0) is 13.1 Å². The van der Waals surface area contributed by atoms with E-state index in [1.54, 1.807) is 35.6 Å². The van der Waals surface area contributed by atoms with E-state index < -0.39 is 6.61 Å². The molecule has 1 aromatic carbocycles. The monoisotopic (exact) mass is 368 g/mol. The molecule has 25 heavy (non-hydrogen) atoms. The van der Waals surface area contributed by atoms with Gasteiger partial charge in [0.2, 0.25) is 0 Å². The van der Waals surface area contributed by atoms with Crippen LogP contribution >= 0.6 is 11.3 Å². The molecule has 0 saturated carbocycles. The average Bonchev–Trinajstić information content (AvgIpc) is 2.98. The standard InChI is InChI=1S/C17H22F2N4OS/c1-4-20-17(22-10-15-9-21-12(2)25-15)23(3)11-13-5-7-14(8-6-13)24-16(18)19/h5-9,16H,4,10-11H2,1-3H3,(H,20,22). The lowest BCUT2D eigenvalue weighted by atomic mass is 10.2. The van der Waals surface area contributed by atoms with Gasteiger partial charge < -0.3 is 15.0 Å². The summed E-state index contributed by atoms with van der Waals surface area (Å²) in [5.41, 5.74) is 0.975. The SMILES string of the molecule is CCNC(=NCc1cnc(C)s1)N(C)Cc1ccc(OC(F)F)cc1. The second-order valence-electron chi connectivity index (χ2n) is 5.39. The number of alkyl halides is 2. The molecule has 1 heterocycles. The smallest absolute Gasteiger partial charge is 0.387 e. The minimum atomic E-state index is -2.81. The molecule has 2 rings (SSSR count). The van der Waals surface area contributed by atoms with Crippen LogP contribution in [0.5, 0.6) is 5.75 Å². The van der Waals surface area contributed by atoms with Crippen molar-refractivity contribution in [2.24, 2.45) is 4.99 Å². The van der Waals surface area contributed by atoms with E-state index in [1.807, 2.05) is 32.0 Å². The summed E-state index contributed by atoms with van der Waals surface area (Å²) in [6.45, 7) is 3.10. The molecule has 136 valence electrons. The van der Waals surface area contributed by atoms with E-state index in [0.717, 1.165) is 28.0 Å². The molecule has 0 amide bonds. The van der Waals surface area contributed by atoms with Crippen LogP contribution in [-0.4, -0.2) is 36.0 Å². The number of hydrogen-bond donors (Lipinski definition) is 1. The van der Waals surface area contributed by atoms with E-state index in [4.69, 9.17) is 0 Å². The molecule has 0 fully saturated rings. The summed E-state index contributed by atoms with van der Waals surface area (Å²) in [5.74, 6) is 0.934. The van der Waals surface area contributed by atoms with E-state index in [9.17, 15) is 8.78 Å². The molecule has 0 radical (unpaired) electrons. The maximum absolute atomic E-state index is 12.2. The average molecular weight is 368 g/mol. The summed E-state index contributed by atoms with van der Waals surface area (Å²) in [7, 11) is 1.93. The van der Waals surface area contributed by atoms with Crippen molar-refractivity contribution in [3.8, 4) is 5.75 Å². The molecule has 8 heteroatoms. The molecule has 2 aromatic rings. The zero-order valence-corrected chi connectivity index (χ0v) is 15.3. The number of benzene rings is 1. The summed E-state index contributed by atoms with van der Waals surface area (Å²) in [6.07, 6.45) is 1.84. The molecule has 1 N–H and O–H groups in total. The lowest BCUT2D eigenvalue weighted by Crippen LogP contribution is -2.38. The van der Waals surface area contributed by atoms with Crippen molar-refractivity contribution in [1.29, 1.82) is 0 Å². The lowest BCUT2D eigenvalue weighted by molar-refractivity contribution is -0.0498. The largest absolute Gasteiger partial charge is 0.435 e. The van der Waals surface area contributed by atoms with Gasteiger partial charge in [0.25, 0.3) is 0 Å². The first kappa shape index (κ1) is 19.1. The normalized spacial score (nSPS) is 11.7. The third-order valence-electron chi connectivity index (χ3n) is 3.32. The molecule has 0 unspecified atom stereocenters. The number of guanidine groups is 1. The first-order valence-electron chi connectivity index (χ1n) is 7.92. The van der Waals surface area contributed by atoms with Crippen LogP contribution in [0, 0.1) is 6.92 Å². The van der Waals surface area contributed by atoms with Crippen LogP contribution in [0.15, 0.2) is 35.5 Å². The molecule has 0 aliphatic rings. The molecule has 0 aliphatic carbocycles. The third kappa shape index (κ3) is 6.30. The van der Waals surface area contributed by atoms with Gasteiger partial charge in [0.15, 0.2) is 5.96 Å². The fraction of sp³-hybridized carbons (Fsp3) is 0.412. The lowest BCUT2D eigenvalue weighted by Gasteiger charge is -2.22. The maximum Gasteiger partial charge on any atom is 0.387 e. The fourth-order valence-electron chi connectivity index (χ4n) is 2.23. The highest BCUT2D eigenvalue weighted by atomic mass is 32.1. The number of thiazole rings is 1. The zero-order valence-electron chi connectivity index (χ0n) is 14.5. The third-order valence-corrected chi connectivity index (χ3v) is 4.22. The van der Waals surface area contributed by atoms with Gasteiger partial charge in [-0.25, -0.2) is 9.98 Å². The predicted molar refractivity (Wildman–Crippen MR) is 96.2 cm³/mol. The van der Waals surface area contributed by atoms with Crippen LogP contribution in [0.25, 0.3) is 0 Å². The van der Waals surface area contributed by atoms with E-state index >= 15 is 0 Å². The number of ether oxygens (including phenoxy) is 1. The van der Waals surface area contributed by atoms with Crippen molar-refractivity contribution in [2.75, 3.05) is 13.6 Å². The minimum Gasteiger partial charge on any atom is -0.435 e. The molecule has 5 nitrogen and oxygen atoms in total. The van der Waals surface area contributed by atoms with Gasteiger partial charge in [0, 0.05) is 31.2 Å². The van der Waals surface area contributed by atoms with Gasteiger partial charge in [-0.1, -0.05) is 12.1 Å². The van der Waals surface area contributed by atoms with Gasteiger partial charge in [-0.3, -0.25) is 0 Å². The van der Waals surface area contributed by atoms with Gasteiger partial charge in [-0.15, -0.1) is 11.3 Å². The number of aliphatic imine (C=N–C) groups is 1. The van der Waals surface area contributed by atoms with Crippen molar-refractivity contribution in [2.45, 2.75) is 33.5 Å². The molecule has 0 saturated heterocycles. The summed E-state index contributed by atoms with van der Waals surface area (Å²) >= 11 is 1.63. The number of nitrogens with one attached hydrogen (secondary N) is 1. The van der Waals surface area contributed by atoms with Crippen LogP contribution < -0.4 is 10.1 Å². The Balaban J connectivity index is 2.00. The summed E-state index contributed by atoms with van der Waals surface area (Å²) in [4.78, 5) is 12.0.